The van der Waals surface area contributed by atoms with E-state index in [4.69, 9.17) is 4.74 Å². The zero-order valence-corrected chi connectivity index (χ0v) is 14.5. The van der Waals surface area contributed by atoms with Crippen LogP contribution >= 0.6 is 0 Å². The van der Waals surface area contributed by atoms with Gasteiger partial charge in [-0.15, -0.1) is 10.2 Å². The normalized spacial score (nSPS) is 10.5. The van der Waals surface area contributed by atoms with Crippen molar-refractivity contribution in [1.29, 1.82) is 0 Å². The first-order valence-corrected chi connectivity index (χ1v) is 8.48. The standard InChI is InChI=1S/C23H18N2O/c1-26-20-14-8-13-19(15-20)22-16-21(17-9-4-2-5-10-17)23(25-24-22)18-11-6-3-7-12-18/h2-16H,1H3. The molecule has 0 aliphatic carbocycles. The zero-order valence-electron chi connectivity index (χ0n) is 14.5. The molecule has 1 heterocycles. The number of ether oxygens (including phenoxy) is 1. The predicted molar refractivity (Wildman–Crippen MR) is 105 cm³/mol. The second-order valence-corrected chi connectivity index (χ2v) is 5.96. The van der Waals surface area contributed by atoms with Gasteiger partial charge >= 0.3 is 0 Å². The molecule has 4 aromatic rings. The van der Waals surface area contributed by atoms with Gasteiger partial charge in [-0.2, -0.15) is 0 Å². The quantitative estimate of drug-likeness (QED) is 0.494. The fourth-order valence-corrected chi connectivity index (χ4v) is 2.96. The van der Waals surface area contributed by atoms with Gasteiger partial charge in [-0.3, -0.25) is 0 Å². The van der Waals surface area contributed by atoms with Gasteiger partial charge in [-0.05, 0) is 23.8 Å². The first kappa shape index (κ1) is 16.0. The molecule has 0 radical (unpaired) electrons. The predicted octanol–water partition coefficient (Wildman–Crippen LogP) is 5.49. The van der Waals surface area contributed by atoms with Crippen molar-refractivity contribution in [1.82, 2.24) is 10.2 Å². The number of nitrogens with zero attached hydrogens (tertiary/aromatic N) is 2. The molecule has 0 spiro atoms. The van der Waals surface area contributed by atoms with E-state index in [-0.39, 0.29) is 0 Å². The molecule has 0 atom stereocenters. The van der Waals surface area contributed by atoms with E-state index in [1.807, 2.05) is 60.7 Å². The summed E-state index contributed by atoms with van der Waals surface area (Å²) in [5, 5.41) is 9.05. The lowest BCUT2D eigenvalue weighted by atomic mass is 9.98. The number of rotatable bonds is 4. The summed E-state index contributed by atoms with van der Waals surface area (Å²) in [4.78, 5) is 0. The van der Waals surface area contributed by atoms with Crippen LogP contribution in [0.15, 0.2) is 91.0 Å². The second kappa shape index (κ2) is 7.19. The minimum Gasteiger partial charge on any atom is -0.497 e. The molecule has 3 heteroatoms. The fourth-order valence-electron chi connectivity index (χ4n) is 2.96. The van der Waals surface area contributed by atoms with Crippen molar-refractivity contribution >= 4 is 0 Å². The molecule has 0 N–H and O–H groups in total. The van der Waals surface area contributed by atoms with Crippen LogP contribution in [0.1, 0.15) is 0 Å². The monoisotopic (exact) mass is 338 g/mol. The van der Waals surface area contributed by atoms with Crippen LogP contribution in [0, 0.1) is 0 Å². The fraction of sp³-hybridized carbons (Fsp3) is 0.0435. The third-order valence-electron chi connectivity index (χ3n) is 4.29. The average Bonchev–Trinajstić information content (AvgIpc) is 2.74. The van der Waals surface area contributed by atoms with Gasteiger partial charge in [0, 0.05) is 16.7 Å². The van der Waals surface area contributed by atoms with Crippen LogP contribution in [0.3, 0.4) is 0 Å². The summed E-state index contributed by atoms with van der Waals surface area (Å²) < 4.78 is 5.34. The van der Waals surface area contributed by atoms with Crippen LogP contribution < -0.4 is 4.74 Å². The highest BCUT2D eigenvalue weighted by Crippen LogP contribution is 2.33. The Kier molecular flexibility index (Phi) is 4.44. The molecule has 4 rings (SSSR count). The van der Waals surface area contributed by atoms with E-state index in [2.05, 4.69) is 40.5 Å². The zero-order chi connectivity index (χ0) is 17.8. The van der Waals surface area contributed by atoms with Gasteiger partial charge in [-0.25, -0.2) is 0 Å². The summed E-state index contributed by atoms with van der Waals surface area (Å²) in [7, 11) is 1.67. The summed E-state index contributed by atoms with van der Waals surface area (Å²) in [6, 6.07) is 30.4. The first-order chi connectivity index (χ1) is 12.8. The lowest BCUT2D eigenvalue weighted by Gasteiger charge is -2.11. The Hall–Kier alpha value is -3.46. The van der Waals surface area contributed by atoms with Gasteiger partial charge in [0.15, 0.2) is 0 Å². The highest BCUT2D eigenvalue weighted by Gasteiger charge is 2.12. The van der Waals surface area contributed by atoms with Crippen LogP contribution in [0.5, 0.6) is 5.75 Å². The first-order valence-electron chi connectivity index (χ1n) is 8.48. The van der Waals surface area contributed by atoms with Crippen molar-refractivity contribution < 1.29 is 4.74 Å². The highest BCUT2D eigenvalue weighted by molar-refractivity contribution is 5.83. The molecular formula is C23H18N2O. The molecule has 0 unspecified atom stereocenters. The smallest absolute Gasteiger partial charge is 0.119 e. The molecule has 1 aromatic heterocycles. The molecular weight excluding hydrogens is 320 g/mol. The Bertz CT molecular complexity index is 1010. The lowest BCUT2D eigenvalue weighted by molar-refractivity contribution is 0.415. The van der Waals surface area contributed by atoms with Crippen LogP contribution in [0.25, 0.3) is 33.6 Å². The maximum Gasteiger partial charge on any atom is 0.119 e. The van der Waals surface area contributed by atoms with Gasteiger partial charge in [0.2, 0.25) is 0 Å². The number of hydrogen-bond donors (Lipinski definition) is 0. The van der Waals surface area contributed by atoms with E-state index in [1.54, 1.807) is 7.11 Å². The van der Waals surface area contributed by atoms with Crippen LogP contribution in [-0.2, 0) is 0 Å². The Morgan fingerprint density at radius 1 is 0.615 bits per heavy atom. The van der Waals surface area contributed by atoms with E-state index in [0.29, 0.717) is 0 Å². The summed E-state index contributed by atoms with van der Waals surface area (Å²) in [6.45, 7) is 0. The molecule has 0 amide bonds. The Balaban J connectivity index is 1.89. The highest BCUT2D eigenvalue weighted by atomic mass is 16.5. The Labute approximate surface area is 152 Å². The molecule has 0 aliphatic rings. The van der Waals surface area contributed by atoms with Crippen molar-refractivity contribution in [2.75, 3.05) is 7.11 Å². The van der Waals surface area contributed by atoms with Gasteiger partial charge in [-0.1, -0.05) is 72.8 Å². The number of methoxy groups -OCH3 is 1. The minimum absolute atomic E-state index is 0.803. The topological polar surface area (TPSA) is 35.0 Å². The summed E-state index contributed by atoms with van der Waals surface area (Å²) in [6.07, 6.45) is 0. The molecule has 3 aromatic carbocycles. The van der Waals surface area contributed by atoms with Crippen molar-refractivity contribution in [2.45, 2.75) is 0 Å². The number of aromatic nitrogens is 2. The van der Waals surface area contributed by atoms with Gasteiger partial charge < -0.3 is 4.74 Å². The van der Waals surface area contributed by atoms with Gasteiger partial charge in [0.25, 0.3) is 0 Å². The Morgan fingerprint density at radius 2 is 1.27 bits per heavy atom. The van der Waals surface area contributed by atoms with Gasteiger partial charge in [0.1, 0.15) is 11.4 Å². The minimum atomic E-state index is 0.803. The third kappa shape index (κ3) is 3.20. The molecule has 0 saturated heterocycles. The number of hydrogen-bond acceptors (Lipinski definition) is 3. The van der Waals surface area contributed by atoms with E-state index in [1.165, 1.54) is 0 Å². The largest absolute Gasteiger partial charge is 0.497 e. The van der Waals surface area contributed by atoms with Crippen molar-refractivity contribution in [3.05, 3.63) is 91.0 Å². The van der Waals surface area contributed by atoms with Crippen LogP contribution in [0.2, 0.25) is 0 Å². The molecule has 0 bridgehead atoms. The van der Waals surface area contributed by atoms with E-state index >= 15 is 0 Å². The Morgan fingerprint density at radius 3 is 1.96 bits per heavy atom. The summed E-state index contributed by atoms with van der Waals surface area (Å²) in [5.74, 6) is 0.803. The summed E-state index contributed by atoms with van der Waals surface area (Å²) >= 11 is 0. The average molecular weight is 338 g/mol. The molecule has 0 aliphatic heterocycles. The lowest BCUT2D eigenvalue weighted by Crippen LogP contribution is -1.96. The molecule has 3 nitrogen and oxygen atoms in total. The van der Waals surface area contributed by atoms with Gasteiger partial charge in [0.05, 0.1) is 12.8 Å². The van der Waals surface area contributed by atoms with E-state index < -0.39 is 0 Å². The van der Waals surface area contributed by atoms with Crippen molar-refractivity contribution in [3.8, 4) is 39.4 Å². The third-order valence-corrected chi connectivity index (χ3v) is 4.29. The maximum absolute atomic E-state index is 5.34. The van der Waals surface area contributed by atoms with Crippen molar-refractivity contribution in [2.24, 2.45) is 0 Å². The van der Waals surface area contributed by atoms with Crippen LogP contribution in [0.4, 0.5) is 0 Å². The van der Waals surface area contributed by atoms with E-state index in [0.717, 1.165) is 39.4 Å². The number of benzene rings is 3. The maximum atomic E-state index is 5.34. The molecule has 26 heavy (non-hydrogen) atoms. The van der Waals surface area contributed by atoms with Crippen molar-refractivity contribution in [3.63, 3.8) is 0 Å². The second-order valence-electron chi connectivity index (χ2n) is 5.96. The summed E-state index contributed by atoms with van der Waals surface area (Å²) in [5.41, 5.74) is 5.91. The molecule has 126 valence electrons. The van der Waals surface area contributed by atoms with E-state index in [9.17, 15) is 0 Å². The molecule has 0 saturated carbocycles. The van der Waals surface area contributed by atoms with Crippen LogP contribution in [-0.4, -0.2) is 17.3 Å². The molecule has 0 fully saturated rings. The SMILES string of the molecule is COc1cccc(-c2cc(-c3ccccc3)c(-c3ccccc3)nn2)c1.